The summed E-state index contributed by atoms with van der Waals surface area (Å²) >= 11 is 0. The molecule has 0 aliphatic heterocycles. The predicted molar refractivity (Wildman–Crippen MR) is 85.4 cm³/mol. The molecule has 112 valence electrons. The van der Waals surface area contributed by atoms with Crippen LogP contribution in [-0.2, 0) is 0 Å². The van der Waals surface area contributed by atoms with Gasteiger partial charge in [-0.15, -0.1) is 0 Å². The molecule has 4 rings (SSSR count). The summed E-state index contributed by atoms with van der Waals surface area (Å²) in [6.45, 7) is 12.9. The van der Waals surface area contributed by atoms with Crippen molar-refractivity contribution in [3.8, 4) is 0 Å². The Balaban J connectivity index is 1.90. The van der Waals surface area contributed by atoms with Gasteiger partial charge < -0.3 is 0 Å². The van der Waals surface area contributed by atoms with E-state index in [-0.39, 0.29) is 0 Å². The van der Waals surface area contributed by atoms with E-state index in [0.717, 1.165) is 29.6 Å². The minimum Gasteiger partial charge on any atom is -0.0738 e. The van der Waals surface area contributed by atoms with Crippen molar-refractivity contribution < 1.29 is 0 Å². The first-order chi connectivity index (χ1) is 9.38. The third-order valence-electron chi connectivity index (χ3n) is 8.78. The molecule has 0 unspecified atom stereocenters. The van der Waals surface area contributed by atoms with Gasteiger partial charge in [0.1, 0.15) is 0 Å². The molecule has 0 radical (unpaired) electrons. The van der Waals surface area contributed by atoms with Crippen LogP contribution in [0.2, 0.25) is 0 Å². The minimum absolute atomic E-state index is 0.556. The zero-order valence-electron chi connectivity index (χ0n) is 14.1. The van der Waals surface area contributed by atoms with E-state index in [1.165, 1.54) is 38.5 Å². The van der Waals surface area contributed by atoms with Crippen molar-refractivity contribution in [2.24, 2.45) is 40.4 Å². The van der Waals surface area contributed by atoms with Gasteiger partial charge >= 0.3 is 0 Å². The first-order valence-electron chi connectivity index (χ1n) is 9.06. The summed E-state index contributed by atoms with van der Waals surface area (Å²) in [5.74, 6) is 4.96. The summed E-state index contributed by atoms with van der Waals surface area (Å²) in [4.78, 5) is 0. The fraction of sp³-hybridized carbons (Fsp3) is 0.900. The van der Waals surface area contributed by atoms with E-state index < -0.39 is 0 Å². The van der Waals surface area contributed by atoms with E-state index in [4.69, 9.17) is 0 Å². The lowest BCUT2D eigenvalue weighted by Gasteiger charge is -2.45. The van der Waals surface area contributed by atoms with Gasteiger partial charge in [0, 0.05) is 0 Å². The van der Waals surface area contributed by atoms with Gasteiger partial charge in [-0.05, 0) is 79.4 Å². The molecule has 0 aromatic carbocycles. The molecule has 0 aromatic rings. The largest absolute Gasteiger partial charge is 0.0738 e. The average Bonchev–Trinajstić information content (AvgIpc) is 2.75. The van der Waals surface area contributed by atoms with Crippen LogP contribution in [0.3, 0.4) is 0 Å². The maximum atomic E-state index is 2.66. The predicted octanol–water partition coefficient (Wildman–Crippen LogP) is 5.83. The van der Waals surface area contributed by atoms with Crippen LogP contribution in [0.5, 0.6) is 0 Å². The van der Waals surface area contributed by atoms with Crippen LogP contribution >= 0.6 is 0 Å². The lowest BCUT2D eigenvalue weighted by Crippen LogP contribution is -2.38. The maximum absolute atomic E-state index is 2.66. The van der Waals surface area contributed by atoms with Crippen molar-refractivity contribution in [1.29, 1.82) is 0 Å². The van der Waals surface area contributed by atoms with Crippen molar-refractivity contribution in [2.75, 3.05) is 0 Å². The molecule has 0 aromatic heterocycles. The molecule has 6 atom stereocenters. The smallest absolute Gasteiger partial charge is 0.0107 e. The highest BCUT2D eigenvalue weighted by atomic mass is 14.7. The van der Waals surface area contributed by atoms with Crippen molar-refractivity contribution in [2.45, 2.75) is 73.1 Å². The summed E-state index contributed by atoms with van der Waals surface area (Å²) in [7, 11) is 0. The lowest BCUT2D eigenvalue weighted by atomic mass is 9.60. The third-order valence-corrected chi connectivity index (χ3v) is 8.78. The molecule has 0 heterocycles. The topological polar surface area (TPSA) is 0 Å². The zero-order chi connectivity index (χ0) is 14.3. The molecule has 4 aliphatic rings. The van der Waals surface area contributed by atoms with Gasteiger partial charge in [-0.1, -0.05) is 45.3 Å². The first kappa shape index (κ1) is 13.4. The Morgan fingerprint density at radius 2 is 1.75 bits per heavy atom. The normalized spacial score (nSPS) is 53.0. The van der Waals surface area contributed by atoms with Gasteiger partial charge in [0.15, 0.2) is 0 Å². The Kier molecular flexibility index (Phi) is 2.63. The molecule has 0 N–H and O–H groups in total. The van der Waals surface area contributed by atoms with Crippen LogP contribution in [0.1, 0.15) is 73.1 Å². The molecule has 0 bridgehead atoms. The number of hydrogen-bond donors (Lipinski definition) is 0. The van der Waals surface area contributed by atoms with E-state index in [2.05, 4.69) is 34.6 Å². The van der Waals surface area contributed by atoms with Crippen LogP contribution in [0, 0.1) is 40.4 Å². The highest BCUT2D eigenvalue weighted by molar-refractivity contribution is 5.32. The highest BCUT2D eigenvalue weighted by Crippen LogP contribution is 2.74. The Bertz CT molecular complexity index is 468. The second-order valence-electron chi connectivity index (χ2n) is 9.36. The van der Waals surface area contributed by atoms with Crippen LogP contribution in [0.15, 0.2) is 11.1 Å². The minimum atomic E-state index is 0.556. The SMILES string of the molecule is CC1=C2CC[C@]3(C)[C@@H]2[C@@H]2[C@@H](CC1)[C@H](C)CC[C@@H]2C3(C)C. The highest BCUT2D eigenvalue weighted by Gasteiger charge is 2.67. The molecule has 3 fully saturated rings. The summed E-state index contributed by atoms with van der Waals surface area (Å²) in [5.41, 5.74) is 4.85. The molecule has 20 heavy (non-hydrogen) atoms. The van der Waals surface area contributed by atoms with E-state index in [9.17, 15) is 0 Å². The van der Waals surface area contributed by atoms with Crippen molar-refractivity contribution >= 4 is 0 Å². The molecule has 0 saturated heterocycles. The molecule has 0 amide bonds. The zero-order valence-corrected chi connectivity index (χ0v) is 14.1. The second kappa shape index (κ2) is 3.93. The Morgan fingerprint density at radius 1 is 1.00 bits per heavy atom. The molecule has 0 heteroatoms. The molecular weight excluding hydrogens is 240 g/mol. The van der Waals surface area contributed by atoms with Crippen LogP contribution in [0.4, 0.5) is 0 Å². The summed E-state index contributed by atoms with van der Waals surface area (Å²) < 4.78 is 0. The van der Waals surface area contributed by atoms with Gasteiger partial charge in [0.2, 0.25) is 0 Å². The van der Waals surface area contributed by atoms with E-state index >= 15 is 0 Å². The molecule has 0 spiro atoms. The van der Waals surface area contributed by atoms with Crippen LogP contribution in [0.25, 0.3) is 0 Å². The Labute approximate surface area is 125 Å². The number of hydrogen-bond acceptors (Lipinski definition) is 0. The quantitative estimate of drug-likeness (QED) is 0.487. The number of allylic oxidation sites excluding steroid dienone is 2. The average molecular weight is 272 g/mol. The Morgan fingerprint density at radius 3 is 2.50 bits per heavy atom. The van der Waals surface area contributed by atoms with Gasteiger partial charge in [-0.2, -0.15) is 0 Å². The van der Waals surface area contributed by atoms with Crippen LogP contribution in [-0.4, -0.2) is 0 Å². The van der Waals surface area contributed by atoms with Crippen LogP contribution < -0.4 is 0 Å². The molecule has 3 saturated carbocycles. The monoisotopic (exact) mass is 272 g/mol. The summed E-state index contributed by atoms with van der Waals surface area (Å²) in [6, 6.07) is 0. The molecule has 4 aliphatic carbocycles. The first-order valence-corrected chi connectivity index (χ1v) is 9.06. The van der Waals surface area contributed by atoms with Gasteiger partial charge in [-0.3, -0.25) is 0 Å². The summed E-state index contributed by atoms with van der Waals surface area (Å²) in [6.07, 6.45) is 8.77. The van der Waals surface area contributed by atoms with Crippen molar-refractivity contribution in [3.05, 3.63) is 11.1 Å². The van der Waals surface area contributed by atoms with E-state index in [1.807, 2.05) is 5.57 Å². The third kappa shape index (κ3) is 1.35. The Hall–Kier alpha value is -0.260. The van der Waals surface area contributed by atoms with Gasteiger partial charge in [0.25, 0.3) is 0 Å². The number of rotatable bonds is 0. The lowest BCUT2D eigenvalue weighted by molar-refractivity contribution is 0.0399. The standard InChI is InChI=1S/C20H32/c1-12-7-9-16-17-14(12)8-6-13(2)15-10-11-20(5,18(15)17)19(16,3)4/h12,14,16-18H,6-11H2,1-5H3/t12-,14+,16+,17-,18+,20-/m1/s1. The molecular formula is C20H32. The maximum Gasteiger partial charge on any atom is -0.0107 e. The van der Waals surface area contributed by atoms with Crippen molar-refractivity contribution in [1.82, 2.24) is 0 Å². The fourth-order valence-electron chi connectivity index (χ4n) is 7.24. The van der Waals surface area contributed by atoms with E-state index in [1.54, 1.807) is 5.57 Å². The second-order valence-corrected chi connectivity index (χ2v) is 9.36. The summed E-state index contributed by atoms with van der Waals surface area (Å²) in [5, 5.41) is 0. The molecule has 0 nitrogen and oxygen atoms in total. The fourth-order valence-corrected chi connectivity index (χ4v) is 7.24. The van der Waals surface area contributed by atoms with Crippen molar-refractivity contribution in [3.63, 3.8) is 0 Å². The van der Waals surface area contributed by atoms with Gasteiger partial charge in [-0.25, -0.2) is 0 Å². The van der Waals surface area contributed by atoms with Gasteiger partial charge in [0.05, 0.1) is 0 Å². The van der Waals surface area contributed by atoms with E-state index in [0.29, 0.717) is 10.8 Å².